The number of rotatable bonds is 10. The number of nitrogens with one attached hydrogen (secondary N) is 3. The fourth-order valence-corrected chi connectivity index (χ4v) is 8.09. The number of hydrogen-bond donors (Lipinski definition) is 3. The minimum absolute atomic E-state index is 0.123. The molecule has 2 unspecified atom stereocenters. The number of aromatic amines is 1. The van der Waals surface area contributed by atoms with Gasteiger partial charge in [0, 0.05) is 35.3 Å². The SMILES string of the molecule is CC(Cc1c[nH]c2ccccc12)(NS(=O)(=O)c1ccccc1-c1ccccc1)C(=O)NC(c1ccccn1)C1CCCCC1. The summed E-state index contributed by atoms with van der Waals surface area (Å²) in [6.45, 7) is 1.68. The van der Waals surface area contributed by atoms with Crippen LogP contribution in [0.5, 0.6) is 0 Å². The molecule has 0 saturated heterocycles. The molecule has 0 spiro atoms. The van der Waals surface area contributed by atoms with Crippen molar-refractivity contribution in [1.29, 1.82) is 0 Å². The molecule has 1 saturated carbocycles. The van der Waals surface area contributed by atoms with E-state index in [0.717, 1.165) is 53.4 Å². The topological polar surface area (TPSA) is 104 Å². The average molecular weight is 607 g/mol. The van der Waals surface area contributed by atoms with Gasteiger partial charge in [-0.1, -0.05) is 92.1 Å². The monoisotopic (exact) mass is 606 g/mol. The molecule has 0 aliphatic heterocycles. The van der Waals surface area contributed by atoms with Gasteiger partial charge < -0.3 is 10.3 Å². The molecule has 2 aromatic heterocycles. The van der Waals surface area contributed by atoms with Gasteiger partial charge in [-0.3, -0.25) is 9.78 Å². The van der Waals surface area contributed by atoms with Crippen LogP contribution in [0.25, 0.3) is 22.0 Å². The lowest BCUT2D eigenvalue weighted by molar-refractivity contribution is -0.127. The van der Waals surface area contributed by atoms with Gasteiger partial charge in [0.25, 0.3) is 0 Å². The first-order valence-corrected chi connectivity index (χ1v) is 16.8. The van der Waals surface area contributed by atoms with Gasteiger partial charge in [0.15, 0.2) is 0 Å². The van der Waals surface area contributed by atoms with E-state index in [1.807, 2.05) is 85.1 Å². The van der Waals surface area contributed by atoms with Crippen LogP contribution in [0.15, 0.2) is 114 Å². The quantitative estimate of drug-likeness (QED) is 0.160. The summed E-state index contributed by atoms with van der Waals surface area (Å²) in [5.74, 6) is -0.167. The first-order valence-electron chi connectivity index (χ1n) is 15.3. The third-order valence-corrected chi connectivity index (χ3v) is 10.4. The maximum absolute atomic E-state index is 14.5. The standard InChI is InChI=1S/C36H38N4O3S/c1-36(24-28-25-38-31-20-10-8-18-29(28)31,35(41)39-34(27-16-6-3-7-17-27)32-21-12-13-23-37-32)40-44(42,43)33-22-11-9-19-30(33)26-14-4-2-5-15-26/h2,4-5,8-15,18-23,25,27,34,38,40H,3,6-7,16-17,24H2,1H3,(H,39,41). The van der Waals surface area contributed by atoms with Crippen LogP contribution in [-0.4, -0.2) is 29.8 Å². The van der Waals surface area contributed by atoms with E-state index in [1.54, 1.807) is 31.3 Å². The minimum atomic E-state index is -4.16. The van der Waals surface area contributed by atoms with Crippen molar-refractivity contribution in [3.8, 4) is 11.1 Å². The van der Waals surface area contributed by atoms with Crippen molar-refractivity contribution in [1.82, 2.24) is 20.0 Å². The van der Waals surface area contributed by atoms with Crippen LogP contribution in [0.1, 0.15) is 56.3 Å². The number of sulfonamides is 1. The Morgan fingerprint density at radius 2 is 1.61 bits per heavy atom. The van der Waals surface area contributed by atoms with Crippen LogP contribution in [0.2, 0.25) is 0 Å². The molecule has 0 bridgehead atoms. The number of pyridine rings is 1. The molecule has 1 aliphatic rings. The van der Waals surface area contributed by atoms with E-state index in [1.165, 1.54) is 6.42 Å². The molecule has 226 valence electrons. The van der Waals surface area contributed by atoms with Gasteiger partial charge in [0.2, 0.25) is 15.9 Å². The Hall–Kier alpha value is -4.27. The number of nitrogens with zero attached hydrogens (tertiary/aromatic N) is 1. The van der Waals surface area contributed by atoms with Gasteiger partial charge in [-0.25, -0.2) is 8.42 Å². The van der Waals surface area contributed by atoms with Crippen molar-refractivity contribution < 1.29 is 13.2 Å². The van der Waals surface area contributed by atoms with E-state index in [4.69, 9.17) is 0 Å². The summed E-state index contributed by atoms with van der Waals surface area (Å²) in [6.07, 6.45) is 9.09. The summed E-state index contributed by atoms with van der Waals surface area (Å²) in [4.78, 5) is 22.6. The fraction of sp³-hybridized carbons (Fsp3) is 0.278. The predicted octanol–water partition coefficient (Wildman–Crippen LogP) is 6.95. The molecule has 1 aliphatic carbocycles. The number of aromatic nitrogens is 2. The Morgan fingerprint density at radius 1 is 0.909 bits per heavy atom. The van der Waals surface area contributed by atoms with Crippen molar-refractivity contribution in [2.24, 2.45) is 5.92 Å². The molecule has 8 heteroatoms. The zero-order valence-corrected chi connectivity index (χ0v) is 25.7. The van der Waals surface area contributed by atoms with Gasteiger partial charge in [0.05, 0.1) is 16.6 Å². The maximum Gasteiger partial charge on any atom is 0.242 e. The van der Waals surface area contributed by atoms with Crippen molar-refractivity contribution >= 4 is 26.8 Å². The van der Waals surface area contributed by atoms with Gasteiger partial charge >= 0.3 is 0 Å². The number of para-hydroxylation sites is 1. The number of hydrogen-bond acceptors (Lipinski definition) is 4. The Kier molecular flexibility index (Phi) is 8.64. The number of fused-ring (bicyclic) bond motifs is 1. The number of carbonyl (C=O) groups excluding carboxylic acids is 1. The van der Waals surface area contributed by atoms with E-state index in [0.29, 0.717) is 5.56 Å². The highest BCUT2D eigenvalue weighted by Crippen LogP contribution is 2.35. The second-order valence-corrected chi connectivity index (χ2v) is 13.6. The van der Waals surface area contributed by atoms with E-state index >= 15 is 0 Å². The van der Waals surface area contributed by atoms with Gasteiger partial charge in [-0.15, -0.1) is 0 Å². The largest absolute Gasteiger partial charge is 0.361 e. The highest BCUT2D eigenvalue weighted by Gasteiger charge is 2.41. The summed E-state index contributed by atoms with van der Waals surface area (Å²) in [6, 6.07) is 29.6. The Bertz CT molecular complexity index is 1830. The summed E-state index contributed by atoms with van der Waals surface area (Å²) >= 11 is 0. The molecule has 2 atom stereocenters. The molecule has 3 aromatic carbocycles. The Labute approximate surface area is 259 Å². The maximum atomic E-state index is 14.5. The molecule has 3 N–H and O–H groups in total. The number of H-pyrrole nitrogens is 1. The molecule has 2 heterocycles. The Balaban J connectivity index is 1.39. The van der Waals surface area contributed by atoms with Gasteiger partial charge in [-0.2, -0.15) is 4.72 Å². The van der Waals surface area contributed by atoms with E-state index in [-0.39, 0.29) is 29.2 Å². The van der Waals surface area contributed by atoms with Crippen LogP contribution < -0.4 is 10.0 Å². The lowest BCUT2D eigenvalue weighted by Crippen LogP contribution is -2.59. The van der Waals surface area contributed by atoms with Gasteiger partial charge in [0.1, 0.15) is 5.54 Å². The predicted molar refractivity (Wildman–Crippen MR) is 174 cm³/mol. The smallest absolute Gasteiger partial charge is 0.242 e. The van der Waals surface area contributed by atoms with E-state index < -0.39 is 15.6 Å². The lowest BCUT2D eigenvalue weighted by Gasteiger charge is -2.35. The number of carbonyl (C=O) groups is 1. The lowest BCUT2D eigenvalue weighted by atomic mass is 9.82. The average Bonchev–Trinajstić information content (AvgIpc) is 3.46. The van der Waals surface area contributed by atoms with Crippen molar-refractivity contribution in [2.75, 3.05) is 0 Å². The zero-order valence-electron chi connectivity index (χ0n) is 24.9. The Morgan fingerprint density at radius 3 is 2.39 bits per heavy atom. The summed E-state index contributed by atoms with van der Waals surface area (Å²) in [7, 11) is -4.16. The number of benzene rings is 3. The fourth-order valence-electron chi connectivity index (χ4n) is 6.49. The molecular formula is C36H38N4O3S. The zero-order chi connectivity index (χ0) is 30.6. The van der Waals surface area contributed by atoms with Crippen LogP contribution in [0.4, 0.5) is 0 Å². The highest BCUT2D eigenvalue weighted by molar-refractivity contribution is 7.89. The molecule has 6 rings (SSSR count). The number of amides is 1. The third kappa shape index (κ3) is 6.32. The van der Waals surface area contributed by atoms with Crippen molar-refractivity contribution in [3.63, 3.8) is 0 Å². The third-order valence-electron chi connectivity index (χ3n) is 8.76. The minimum Gasteiger partial charge on any atom is -0.361 e. The normalized spacial score (nSPS) is 16.3. The second kappa shape index (κ2) is 12.8. The van der Waals surface area contributed by atoms with Crippen LogP contribution >= 0.6 is 0 Å². The molecule has 5 aromatic rings. The highest BCUT2D eigenvalue weighted by atomic mass is 32.2. The van der Waals surface area contributed by atoms with Crippen molar-refractivity contribution in [2.45, 2.75) is 61.9 Å². The van der Waals surface area contributed by atoms with Gasteiger partial charge in [-0.05, 0) is 61.1 Å². The molecule has 7 nitrogen and oxygen atoms in total. The molecular weight excluding hydrogens is 568 g/mol. The van der Waals surface area contributed by atoms with E-state index in [2.05, 4.69) is 20.0 Å². The first-order chi connectivity index (χ1) is 21.3. The molecule has 0 radical (unpaired) electrons. The van der Waals surface area contributed by atoms with Crippen molar-refractivity contribution in [3.05, 3.63) is 121 Å². The summed E-state index contributed by atoms with van der Waals surface area (Å²) < 4.78 is 31.5. The summed E-state index contributed by atoms with van der Waals surface area (Å²) in [5, 5.41) is 4.23. The molecule has 1 fully saturated rings. The first kappa shape index (κ1) is 29.8. The molecule has 44 heavy (non-hydrogen) atoms. The molecule has 1 amide bonds. The van der Waals surface area contributed by atoms with Crippen LogP contribution in [0.3, 0.4) is 0 Å². The van der Waals surface area contributed by atoms with Crippen LogP contribution in [-0.2, 0) is 21.2 Å². The van der Waals surface area contributed by atoms with Crippen LogP contribution in [0, 0.1) is 5.92 Å². The summed E-state index contributed by atoms with van der Waals surface area (Å²) in [5.41, 5.74) is 2.41. The second-order valence-electron chi connectivity index (χ2n) is 11.9. The van der Waals surface area contributed by atoms with E-state index in [9.17, 15) is 13.2 Å².